The molecule has 2 aromatic carbocycles. The molecule has 0 saturated carbocycles. The van der Waals surface area contributed by atoms with Gasteiger partial charge in [0.25, 0.3) is 0 Å². The maximum atomic E-state index is 13.5. The number of alkyl halides is 2. The minimum atomic E-state index is -5.73. The molecule has 0 amide bonds. The molecule has 2 unspecified atom stereocenters. The van der Waals surface area contributed by atoms with E-state index >= 15 is 0 Å². The summed E-state index contributed by atoms with van der Waals surface area (Å²) in [6.07, 6.45) is 0.0541. The van der Waals surface area contributed by atoms with Crippen molar-refractivity contribution < 1.29 is 40.8 Å². The van der Waals surface area contributed by atoms with Crippen LogP contribution in [0.4, 0.5) is 8.78 Å². The van der Waals surface area contributed by atoms with E-state index in [2.05, 4.69) is 72.5 Å². The Hall–Kier alpha value is -0.660. The second kappa shape index (κ2) is 10.5. The summed E-state index contributed by atoms with van der Waals surface area (Å²) in [5.74, 6) is -3.16. The van der Waals surface area contributed by atoms with Gasteiger partial charge in [0, 0.05) is 3.57 Å². The lowest BCUT2D eigenvalue weighted by Gasteiger charge is -2.29. The molecule has 0 radical (unpaired) electrons. The van der Waals surface area contributed by atoms with Crippen LogP contribution in [0.1, 0.15) is 23.5 Å². The molecule has 2 aromatic rings. The molecule has 13 heteroatoms. The maximum absolute atomic E-state index is 13.5. The molecule has 2 atom stereocenters. The number of halogens is 5. The lowest BCUT2D eigenvalue weighted by molar-refractivity contribution is -0.155. The van der Waals surface area contributed by atoms with Crippen LogP contribution in [-0.2, 0) is 30.9 Å². The van der Waals surface area contributed by atoms with E-state index in [0.717, 1.165) is 10.7 Å². The minimum Gasteiger partial charge on any atom is -0.458 e. The molecule has 7 nitrogen and oxygen atoms in total. The van der Waals surface area contributed by atoms with Gasteiger partial charge in [-0.3, -0.25) is 14.1 Å². The first-order chi connectivity index (χ1) is 15.3. The van der Waals surface area contributed by atoms with Crippen LogP contribution in [0.5, 0.6) is 5.75 Å². The highest BCUT2D eigenvalue weighted by Gasteiger charge is 2.46. The molecule has 0 aromatic heterocycles. The highest BCUT2D eigenvalue weighted by molar-refractivity contribution is 14.1. The van der Waals surface area contributed by atoms with Crippen molar-refractivity contribution in [2.45, 2.75) is 24.0 Å². The fourth-order valence-electron chi connectivity index (χ4n) is 3.37. The van der Waals surface area contributed by atoms with Gasteiger partial charge in [0.1, 0.15) is 0 Å². The van der Waals surface area contributed by atoms with Crippen LogP contribution in [0.25, 0.3) is 0 Å². The topological polar surface area (TPSA) is 107 Å². The summed E-state index contributed by atoms with van der Waals surface area (Å²) < 4.78 is 69.6. The Balaban J connectivity index is 1.82. The standard InChI is InChI=1S/C20H15F2I3O7S/c21-20(22,33(28,29)30)9-31-18(26)11-5-10-3-1-2-4-13(10)14(6-11)19(27)32-17-15(24)7-12(23)8-16(17)25/h1-4,7-8,11,14H,5-6,9H2,(H,28,29,30). The number of fused-ring (bicyclic) bond motifs is 1. The first kappa shape index (κ1) is 26.9. The van der Waals surface area contributed by atoms with Crippen molar-refractivity contribution in [3.8, 4) is 5.75 Å². The van der Waals surface area contributed by atoms with E-state index in [0.29, 0.717) is 16.9 Å². The second-order valence-electron chi connectivity index (χ2n) is 7.23. The van der Waals surface area contributed by atoms with E-state index in [1.165, 1.54) is 0 Å². The summed E-state index contributed by atoms with van der Waals surface area (Å²) in [7, 11) is -5.73. The normalized spacial score (nSPS) is 18.4. The van der Waals surface area contributed by atoms with Gasteiger partial charge in [-0.15, -0.1) is 0 Å². The number of rotatable bonds is 6. The van der Waals surface area contributed by atoms with Gasteiger partial charge >= 0.3 is 27.3 Å². The lowest BCUT2D eigenvalue weighted by atomic mass is 9.77. The fraction of sp³-hybridized carbons (Fsp3) is 0.300. The van der Waals surface area contributed by atoms with E-state index < -0.39 is 45.8 Å². The van der Waals surface area contributed by atoms with Gasteiger partial charge in [-0.1, -0.05) is 24.3 Å². The van der Waals surface area contributed by atoms with Crippen molar-refractivity contribution in [3.05, 3.63) is 58.2 Å². The largest absolute Gasteiger partial charge is 0.458 e. The monoisotopic (exact) mass is 818 g/mol. The van der Waals surface area contributed by atoms with Crippen molar-refractivity contribution in [2.24, 2.45) is 5.92 Å². The van der Waals surface area contributed by atoms with Crippen molar-refractivity contribution in [3.63, 3.8) is 0 Å². The fourth-order valence-corrected chi connectivity index (χ4v) is 7.38. The van der Waals surface area contributed by atoms with Crippen LogP contribution in [0.15, 0.2) is 36.4 Å². The third-order valence-corrected chi connectivity index (χ3v) is 8.06. The van der Waals surface area contributed by atoms with E-state index in [9.17, 15) is 26.8 Å². The van der Waals surface area contributed by atoms with Gasteiger partial charge in [-0.25, -0.2) is 0 Å². The minimum absolute atomic E-state index is 0.0658. The summed E-state index contributed by atoms with van der Waals surface area (Å²) in [6, 6.07) is 10.6. The molecule has 3 rings (SSSR count). The highest BCUT2D eigenvalue weighted by atomic mass is 127. The zero-order valence-electron chi connectivity index (χ0n) is 16.4. The van der Waals surface area contributed by atoms with Crippen LogP contribution in [0.3, 0.4) is 0 Å². The van der Waals surface area contributed by atoms with Crippen LogP contribution in [-0.4, -0.2) is 36.8 Å². The van der Waals surface area contributed by atoms with E-state index in [4.69, 9.17) is 9.29 Å². The van der Waals surface area contributed by atoms with E-state index in [-0.39, 0.29) is 12.8 Å². The van der Waals surface area contributed by atoms with Gasteiger partial charge in [0.2, 0.25) is 0 Å². The summed E-state index contributed by atoms with van der Waals surface area (Å²) in [4.78, 5) is 25.6. The van der Waals surface area contributed by atoms with Crippen molar-refractivity contribution >= 4 is 89.8 Å². The molecule has 0 saturated heterocycles. The molecule has 0 heterocycles. The summed E-state index contributed by atoms with van der Waals surface area (Å²) in [6.45, 7) is -1.82. The number of hydrogen-bond acceptors (Lipinski definition) is 6. The Bertz CT molecular complexity index is 1180. The van der Waals surface area contributed by atoms with E-state index in [1.54, 1.807) is 24.3 Å². The first-order valence-corrected chi connectivity index (χ1v) is 13.9. The Morgan fingerprint density at radius 3 is 2.30 bits per heavy atom. The average Bonchev–Trinajstić information content (AvgIpc) is 2.72. The number of benzene rings is 2. The molecular weight excluding hydrogens is 803 g/mol. The molecular formula is C20H15F2I3O7S. The van der Waals surface area contributed by atoms with E-state index in [1.807, 2.05) is 12.1 Å². The molecule has 0 spiro atoms. The molecule has 0 aliphatic heterocycles. The van der Waals surface area contributed by atoms with Crippen LogP contribution in [0.2, 0.25) is 0 Å². The smallest absolute Gasteiger partial charge is 0.402 e. The molecule has 0 bridgehead atoms. The summed E-state index contributed by atoms with van der Waals surface area (Å²) in [5.41, 5.74) is 1.31. The predicted octanol–water partition coefficient (Wildman–Crippen LogP) is 4.78. The molecule has 1 aliphatic rings. The van der Waals surface area contributed by atoms with Gasteiger partial charge in [0.05, 0.1) is 19.0 Å². The third kappa shape index (κ3) is 6.32. The second-order valence-corrected chi connectivity index (χ2v) is 12.3. The zero-order chi connectivity index (χ0) is 24.6. The average molecular weight is 818 g/mol. The van der Waals surface area contributed by atoms with Gasteiger partial charge in [-0.05, 0) is 104 Å². The zero-order valence-corrected chi connectivity index (χ0v) is 23.7. The van der Waals surface area contributed by atoms with Crippen molar-refractivity contribution in [1.82, 2.24) is 0 Å². The molecule has 1 N–H and O–H groups in total. The summed E-state index contributed by atoms with van der Waals surface area (Å²) >= 11 is 6.25. The maximum Gasteiger partial charge on any atom is 0.402 e. The molecule has 178 valence electrons. The van der Waals surface area contributed by atoms with Gasteiger partial charge in [0.15, 0.2) is 12.4 Å². The highest BCUT2D eigenvalue weighted by Crippen LogP contribution is 2.38. The van der Waals surface area contributed by atoms with Crippen LogP contribution in [0, 0.1) is 16.6 Å². The number of hydrogen-bond donors (Lipinski definition) is 1. The Morgan fingerprint density at radius 2 is 1.70 bits per heavy atom. The van der Waals surface area contributed by atoms with Gasteiger partial charge in [-0.2, -0.15) is 17.2 Å². The quantitative estimate of drug-likeness (QED) is 0.194. The molecule has 0 fully saturated rings. The Kier molecular flexibility index (Phi) is 8.60. The number of carbonyl (C=O) groups is 2. The Labute approximate surface area is 229 Å². The first-order valence-electron chi connectivity index (χ1n) is 9.25. The van der Waals surface area contributed by atoms with Gasteiger partial charge < -0.3 is 9.47 Å². The summed E-state index contributed by atoms with van der Waals surface area (Å²) in [5, 5.41) is -4.63. The van der Waals surface area contributed by atoms with Crippen molar-refractivity contribution in [1.29, 1.82) is 0 Å². The number of esters is 2. The predicted molar refractivity (Wildman–Crippen MR) is 139 cm³/mol. The molecule has 1 aliphatic carbocycles. The molecule has 33 heavy (non-hydrogen) atoms. The lowest BCUT2D eigenvalue weighted by Crippen LogP contribution is -2.37. The van der Waals surface area contributed by atoms with Crippen LogP contribution >= 0.6 is 67.8 Å². The van der Waals surface area contributed by atoms with Crippen LogP contribution < -0.4 is 4.74 Å². The SMILES string of the molecule is O=C(OCC(F)(F)S(=O)(=O)O)C1Cc2ccccc2C(C(=O)Oc2c(I)cc(I)cc2I)C1. The number of ether oxygens (including phenoxy) is 2. The number of carbonyl (C=O) groups excluding carboxylic acids is 2. The Morgan fingerprint density at radius 1 is 1.09 bits per heavy atom. The van der Waals surface area contributed by atoms with Crippen molar-refractivity contribution in [2.75, 3.05) is 6.61 Å². The third-order valence-electron chi connectivity index (χ3n) is 4.96.